The Morgan fingerprint density at radius 3 is 2.00 bits per heavy atom. The quantitative estimate of drug-likeness (QED) is 0.754. The summed E-state index contributed by atoms with van der Waals surface area (Å²) in [7, 11) is 0. The lowest BCUT2D eigenvalue weighted by Gasteiger charge is -2.08. The summed E-state index contributed by atoms with van der Waals surface area (Å²) in [6, 6.07) is 24.1. The summed E-state index contributed by atoms with van der Waals surface area (Å²) in [5.74, 6) is -0.355. The lowest BCUT2D eigenvalue weighted by molar-refractivity contribution is 0.102. The van der Waals surface area contributed by atoms with Crippen LogP contribution < -0.4 is 5.32 Å². The molecule has 0 radical (unpaired) electrons. The number of amides is 1. The summed E-state index contributed by atoms with van der Waals surface area (Å²) in [5.41, 5.74) is 3.16. The molecule has 0 aliphatic rings. The lowest BCUT2D eigenvalue weighted by atomic mass is 10.1. The van der Waals surface area contributed by atoms with Gasteiger partial charge < -0.3 is 10.4 Å². The van der Waals surface area contributed by atoms with Gasteiger partial charge in [-0.05, 0) is 35.4 Å². The Balaban J connectivity index is 1.77. The van der Waals surface area contributed by atoms with E-state index in [1.165, 1.54) is 6.07 Å². The highest BCUT2D eigenvalue weighted by Crippen LogP contribution is 2.22. The van der Waals surface area contributed by atoms with Crippen LogP contribution in [0.5, 0.6) is 5.75 Å². The van der Waals surface area contributed by atoms with Gasteiger partial charge in [-0.1, -0.05) is 54.6 Å². The van der Waals surface area contributed by atoms with E-state index in [0.29, 0.717) is 5.69 Å². The number of hydrogen-bond acceptors (Lipinski definition) is 2. The van der Waals surface area contributed by atoms with Crippen LogP contribution in [-0.4, -0.2) is 11.0 Å². The fourth-order valence-corrected chi connectivity index (χ4v) is 2.24. The van der Waals surface area contributed by atoms with E-state index in [4.69, 9.17) is 0 Å². The SMILES string of the molecule is O=C(Nc1ccc(-c2ccccc2)cc1)c1ccccc1O. The van der Waals surface area contributed by atoms with E-state index in [0.717, 1.165) is 11.1 Å². The molecule has 3 rings (SSSR count). The summed E-state index contributed by atoms with van der Waals surface area (Å²) >= 11 is 0. The molecule has 3 aromatic rings. The lowest BCUT2D eigenvalue weighted by Crippen LogP contribution is -2.11. The van der Waals surface area contributed by atoms with E-state index < -0.39 is 0 Å². The van der Waals surface area contributed by atoms with Gasteiger partial charge in [-0.2, -0.15) is 0 Å². The van der Waals surface area contributed by atoms with Gasteiger partial charge in [0.15, 0.2) is 0 Å². The highest BCUT2D eigenvalue weighted by molar-refractivity contribution is 6.06. The van der Waals surface area contributed by atoms with E-state index >= 15 is 0 Å². The molecule has 0 heterocycles. The second-order valence-electron chi connectivity index (χ2n) is 4.91. The second kappa shape index (κ2) is 6.14. The third kappa shape index (κ3) is 2.99. The van der Waals surface area contributed by atoms with Crippen LogP contribution in [0.1, 0.15) is 10.4 Å². The maximum atomic E-state index is 12.1. The van der Waals surface area contributed by atoms with Crippen LogP contribution in [0.2, 0.25) is 0 Å². The van der Waals surface area contributed by atoms with Gasteiger partial charge in [0.2, 0.25) is 0 Å². The number of carbonyl (C=O) groups excluding carboxylic acids is 1. The van der Waals surface area contributed by atoms with Crippen molar-refractivity contribution in [3.8, 4) is 16.9 Å². The molecule has 22 heavy (non-hydrogen) atoms. The van der Waals surface area contributed by atoms with Crippen molar-refractivity contribution in [3.63, 3.8) is 0 Å². The molecule has 0 unspecified atom stereocenters. The standard InChI is InChI=1S/C19H15NO2/c21-18-9-5-4-8-17(18)19(22)20-16-12-10-15(11-13-16)14-6-2-1-3-7-14/h1-13,21H,(H,20,22). The van der Waals surface area contributed by atoms with Gasteiger partial charge in [0.25, 0.3) is 5.91 Å². The van der Waals surface area contributed by atoms with Crippen molar-refractivity contribution in [3.05, 3.63) is 84.4 Å². The van der Waals surface area contributed by atoms with Crippen molar-refractivity contribution < 1.29 is 9.90 Å². The molecule has 2 N–H and O–H groups in total. The fourth-order valence-electron chi connectivity index (χ4n) is 2.24. The van der Waals surface area contributed by atoms with E-state index in [1.807, 2.05) is 54.6 Å². The second-order valence-corrected chi connectivity index (χ2v) is 4.91. The van der Waals surface area contributed by atoms with Crippen LogP contribution >= 0.6 is 0 Å². The molecule has 0 saturated carbocycles. The monoisotopic (exact) mass is 289 g/mol. The van der Waals surface area contributed by atoms with Crippen LogP contribution in [0.25, 0.3) is 11.1 Å². The number of phenolic OH excluding ortho intramolecular Hbond substituents is 1. The Hall–Kier alpha value is -3.07. The molecule has 0 bridgehead atoms. The summed E-state index contributed by atoms with van der Waals surface area (Å²) in [4.78, 5) is 12.1. The predicted octanol–water partition coefficient (Wildman–Crippen LogP) is 4.31. The largest absolute Gasteiger partial charge is 0.507 e. The first-order valence-corrected chi connectivity index (χ1v) is 6.99. The van der Waals surface area contributed by atoms with Gasteiger partial charge in [0.1, 0.15) is 5.75 Å². The molecule has 0 saturated heterocycles. The Labute approximate surface area is 128 Å². The molecular weight excluding hydrogens is 274 g/mol. The number of hydrogen-bond donors (Lipinski definition) is 2. The van der Waals surface area contributed by atoms with Crippen molar-refractivity contribution in [2.45, 2.75) is 0 Å². The molecule has 0 fully saturated rings. The molecular formula is C19H15NO2. The molecule has 1 amide bonds. The first-order valence-electron chi connectivity index (χ1n) is 6.99. The summed E-state index contributed by atoms with van der Waals surface area (Å²) < 4.78 is 0. The zero-order valence-corrected chi connectivity index (χ0v) is 11.9. The van der Waals surface area contributed by atoms with Crippen molar-refractivity contribution in [2.75, 3.05) is 5.32 Å². The van der Waals surface area contributed by atoms with Crippen LogP contribution in [0.4, 0.5) is 5.69 Å². The van der Waals surface area contributed by atoms with Gasteiger partial charge in [0, 0.05) is 5.69 Å². The molecule has 3 heteroatoms. The minimum atomic E-state index is -0.328. The van der Waals surface area contributed by atoms with Gasteiger partial charge in [-0.25, -0.2) is 0 Å². The van der Waals surface area contributed by atoms with Gasteiger partial charge in [-0.15, -0.1) is 0 Å². The number of para-hydroxylation sites is 1. The molecule has 0 aliphatic heterocycles. The Morgan fingerprint density at radius 2 is 1.32 bits per heavy atom. The fraction of sp³-hybridized carbons (Fsp3) is 0. The predicted molar refractivity (Wildman–Crippen MR) is 87.9 cm³/mol. The third-order valence-electron chi connectivity index (χ3n) is 3.40. The number of rotatable bonds is 3. The van der Waals surface area contributed by atoms with Crippen molar-refractivity contribution in [1.29, 1.82) is 0 Å². The number of anilines is 1. The summed E-state index contributed by atoms with van der Waals surface area (Å²) in [6.45, 7) is 0. The third-order valence-corrected chi connectivity index (χ3v) is 3.40. The Kier molecular flexibility index (Phi) is 3.88. The van der Waals surface area contributed by atoms with E-state index in [-0.39, 0.29) is 17.2 Å². The van der Waals surface area contributed by atoms with Crippen molar-refractivity contribution >= 4 is 11.6 Å². The molecule has 0 aromatic heterocycles. The first kappa shape index (κ1) is 13.9. The first-order chi connectivity index (χ1) is 10.7. The molecule has 3 nitrogen and oxygen atoms in total. The Bertz CT molecular complexity index is 780. The Morgan fingerprint density at radius 1 is 0.727 bits per heavy atom. The summed E-state index contributed by atoms with van der Waals surface area (Å²) in [6.07, 6.45) is 0. The van der Waals surface area contributed by atoms with Crippen LogP contribution in [0, 0.1) is 0 Å². The number of nitrogens with one attached hydrogen (secondary N) is 1. The van der Waals surface area contributed by atoms with Crippen LogP contribution in [0.15, 0.2) is 78.9 Å². The van der Waals surface area contributed by atoms with Crippen molar-refractivity contribution in [1.82, 2.24) is 0 Å². The maximum Gasteiger partial charge on any atom is 0.259 e. The average molecular weight is 289 g/mol. The minimum absolute atomic E-state index is 0.0269. The van der Waals surface area contributed by atoms with Gasteiger partial charge in [-0.3, -0.25) is 4.79 Å². The van der Waals surface area contributed by atoms with E-state index in [2.05, 4.69) is 5.32 Å². The zero-order valence-electron chi connectivity index (χ0n) is 11.9. The molecule has 0 spiro atoms. The van der Waals surface area contributed by atoms with E-state index in [1.54, 1.807) is 18.2 Å². The molecule has 0 aliphatic carbocycles. The number of carbonyl (C=O) groups is 1. The van der Waals surface area contributed by atoms with Gasteiger partial charge in [0.05, 0.1) is 5.56 Å². The number of aromatic hydroxyl groups is 1. The average Bonchev–Trinajstić information content (AvgIpc) is 2.57. The van der Waals surface area contributed by atoms with E-state index in [9.17, 15) is 9.90 Å². The normalized spacial score (nSPS) is 10.2. The highest BCUT2D eigenvalue weighted by atomic mass is 16.3. The zero-order chi connectivity index (χ0) is 15.4. The molecule has 108 valence electrons. The highest BCUT2D eigenvalue weighted by Gasteiger charge is 2.10. The number of benzene rings is 3. The minimum Gasteiger partial charge on any atom is -0.507 e. The maximum absolute atomic E-state index is 12.1. The smallest absolute Gasteiger partial charge is 0.259 e. The molecule has 0 atom stereocenters. The van der Waals surface area contributed by atoms with Crippen LogP contribution in [-0.2, 0) is 0 Å². The topological polar surface area (TPSA) is 49.3 Å². The van der Waals surface area contributed by atoms with Crippen LogP contribution in [0.3, 0.4) is 0 Å². The van der Waals surface area contributed by atoms with Crippen molar-refractivity contribution in [2.24, 2.45) is 0 Å². The number of phenols is 1. The molecule has 3 aromatic carbocycles. The van der Waals surface area contributed by atoms with Gasteiger partial charge >= 0.3 is 0 Å². The summed E-state index contributed by atoms with van der Waals surface area (Å²) in [5, 5.41) is 12.5.